The molecule has 0 spiro atoms. The molecule has 0 atom stereocenters. The summed E-state index contributed by atoms with van der Waals surface area (Å²) < 4.78 is 10.8. The minimum Gasteiger partial charge on any atom is -0.455 e. The number of rotatable bonds is 9. The second-order valence-electron chi connectivity index (χ2n) is 8.64. The van der Waals surface area contributed by atoms with Crippen molar-refractivity contribution in [3.8, 4) is 22.1 Å². The number of nitrogens with zero attached hydrogens (tertiary/aromatic N) is 4. The van der Waals surface area contributed by atoms with E-state index in [1.54, 1.807) is 6.20 Å². The van der Waals surface area contributed by atoms with Crippen LogP contribution in [0, 0.1) is 13.8 Å². The molecule has 0 saturated carbocycles. The molecule has 0 aliphatic rings. The Morgan fingerprint density at radius 2 is 1.84 bits per heavy atom. The van der Waals surface area contributed by atoms with E-state index < -0.39 is 0 Å². The number of aryl methyl sites for hydroxylation is 2. The molecule has 5 aromatic rings. The Bertz CT molecular complexity index is 1570. The number of hydrogen-bond acceptors (Lipinski definition) is 9. The summed E-state index contributed by atoms with van der Waals surface area (Å²) in [5, 5.41) is 7.03. The SMILES string of the molecule is COCC(=O)NCc1ccc(-c2nc3c(Nc4ccc(Oc5ccc(C)nc5)c(C)c4)ncnc3s2)cc1. The summed E-state index contributed by atoms with van der Waals surface area (Å²) in [7, 11) is 1.50. The van der Waals surface area contributed by atoms with E-state index in [2.05, 4.69) is 25.6 Å². The summed E-state index contributed by atoms with van der Waals surface area (Å²) in [6.07, 6.45) is 3.25. The van der Waals surface area contributed by atoms with E-state index in [9.17, 15) is 4.79 Å². The van der Waals surface area contributed by atoms with Crippen LogP contribution < -0.4 is 15.4 Å². The zero-order valence-corrected chi connectivity index (χ0v) is 22.0. The van der Waals surface area contributed by atoms with Crippen LogP contribution in [0.15, 0.2) is 67.1 Å². The molecular weight excluding hydrogens is 500 g/mol. The first-order valence-corrected chi connectivity index (χ1v) is 12.7. The van der Waals surface area contributed by atoms with Crippen molar-refractivity contribution in [1.82, 2.24) is 25.3 Å². The molecule has 3 heterocycles. The molecule has 38 heavy (non-hydrogen) atoms. The van der Waals surface area contributed by atoms with Gasteiger partial charge in [0.1, 0.15) is 39.8 Å². The molecule has 0 aliphatic carbocycles. The maximum Gasteiger partial charge on any atom is 0.246 e. The largest absolute Gasteiger partial charge is 0.455 e. The quantitative estimate of drug-likeness (QED) is 0.257. The van der Waals surface area contributed by atoms with Gasteiger partial charge >= 0.3 is 0 Å². The first kappa shape index (κ1) is 25.2. The first-order valence-electron chi connectivity index (χ1n) is 11.9. The van der Waals surface area contributed by atoms with E-state index in [-0.39, 0.29) is 12.5 Å². The van der Waals surface area contributed by atoms with Crippen molar-refractivity contribution in [3.05, 3.63) is 83.9 Å². The van der Waals surface area contributed by atoms with Gasteiger partial charge in [0.05, 0.1) is 6.20 Å². The smallest absolute Gasteiger partial charge is 0.246 e. The number of hydrogen-bond donors (Lipinski definition) is 2. The van der Waals surface area contributed by atoms with Gasteiger partial charge in [-0.25, -0.2) is 15.0 Å². The Balaban J connectivity index is 1.31. The number of nitrogens with one attached hydrogen (secondary N) is 2. The van der Waals surface area contributed by atoms with Crippen molar-refractivity contribution in [1.29, 1.82) is 0 Å². The third-order valence-electron chi connectivity index (χ3n) is 5.71. The summed E-state index contributed by atoms with van der Waals surface area (Å²) in [5.41, 5.74) is 5.43. The van der Waals surface area contributed by atoms with Crippen LogP contribution >= 0.6 is 11.3 Å². The molecule has 0 fully saturated rings. The van der Waals surface area contributed by atoms with E-state index >= 15 is 0 Å². The second kappa shape index (κ2) is 11.3. The number of carbonyl (C=O) groups is 1. The van der Waals surface area contributed by atoms with Crippen molar-refractivity contribution < 1.29 is 14.3 Å². The lowest BCUT2D eigenvalue weighted by Gasteiger charge is -2.11. The van der Waals surface area contributed by atoms with Gasteiger partial charge in [0, 0.05) is 30.6 Å². The van der Waals surface area contributed by atoms with E-state index in [0.717, 1.165) is 43.7 Å². The third kappa shape index (κ3) is 5.93. The lowest BCUT2D eigenvalue weighted by Crippen LogP contribution is -2.26. The molecule has 9 nitrogen and oxygen atoms in total. The van der Waals surface area contributed by atoms with Gasteiger partial charge in [0.2, 0.25) is 5.91 Å². The number of aromatic nitrogens is 4. The summed E-state index contributed by atoms with van der Waals surface area (Å²) in [6.45, 7) is 4.41. The molecular formula is C28H26N6O3S. The van der Waals surface area contributed by atoms with Crippen LogP contribution in [0.25, 0.3) is 20.9 Å². The zero-order chi connectivity index (χ0) is 26.5. The molecule has 2 aromatic carbocycles. The van der Waals surface area contributed by atoms with Gasteiger partial charge in [0.15, 0.2) is 5.82 Å². The van der Waals surface area contributed by atoms with E-state index in [1.165, 1.54) is 24.8 Å². The standard InChI is InChI=1S/C28H26N6O3S/c1-17-12-21(9-11-23(17)37-22-10-4-18(2)29-14-22)33-26-25-28(32-16-31-26)38-27(34-25)20-7-5-19(6-8-20)13-30-24(35)15-36-3/h4-12,14,16H,13,15H2,1-3H3,(H,30,35)(H,31,32,33). The molecule has 0 unspecified atom stereocenters. The van der Waals surface area contributed by atoms with Gasteiger partial charge in [0.25, 0.3) is 0 Å². The van der Waals surface area contributed by atoms with Crippen LogP contribution in [0.4, 0.5) is 11.5 Å². The van der Waals surface area contributed by atoms with Crippen LogP contribution in [0.3, 0.4) is 0 Å². The number of amides is 1. The van der Waals surface area contributed by atoms with E-state index in [4.69, 9.17) is 14.5 Å². The van der Waals surface area contributed by atoms with Crippen LogP contribution in [0.5, 0.6) is 11.5 Å². The fourth-order valence-electron chi connectivity index (χ4n) is 3.74. The highest BCUT2D eigenvalue weighted by Gasteiger charge is 2.13. The normalized spacial score (nSPS) is 10.9. The molecule has 0 saturated heterocycles. The van der Waals surface area contributed by atoms with Crippen molar-refractivity contribution in [3.63, 3.8) is 0 Å². The van der Waals surface area contributed by atoms with Crippen LogP contribution in [0.2, 0.25) is 0 Å². The number of pyridine rings is 1. The van der Waals surface area contributed by atoms with Crippen molar-refractivity contribution in [2.75, 3.05) is 19.0 Å². The predicted octanol–water partition coefficient (Wildman–Crippen LogP) is 5.56. The van der Waals surface area contributed by atoms with Gasteiger partial charge < -0.3 is 20.1 Å². The number of benzene rings is 2. The average molecular weight is 527 g/mol. The first-order chi connectivity index (χ1) is 18.5. The Hall–Kier alpha value is -4.41. The number of thiazole rings is 1. The predicted molar refractivity (Wildman–Crippen MR) is 148 cm³/mol. The van der Waals surface area contributed by atoms with Crippen molar-refractivity contribution in [2.45, 2.75) is 20.4 Å². The highest BCUT2D eigenvalue weighted by Crippen LogP contribution is 2.34. The van der Waals surface area contributed by atoms with Gasteiger partial charge in [-0.2, -0.15) is 0 Å². The maximum atomic E-state index is 11.6. The Morgan fingerprint density at radius 3 is 2.58 bits per heavy atom. The van der Waals surface area contributed by atoms with Crippen LogP contribution in [0.1, 0.15) is 16.8 Å². The molecule has 0 bridgehead atoms. The van der Waals surface area contributed by atoms with Gasteiger partial charge in [-0.15, -0.1) is 0 Å². The Kier molecular flexibility index (Phi) is 7.52. The molecule has 192 valence electrons. The molecule has 2 N–H and O–H groups in total. The second-order valence-corrected chi connectivity index (χ2v) is 9.62. The van der Waals surface area contributed by atoms with Gasteiger partial charge in [-0.3, -0.25) is 9.78 Å². The summed E-state index contributed by atoms with van der Waals surface area (Å²) >= 11 is 1.50. The highest BCUT2D eigenvalue weighted by molar-refractivity contribution is 7.21. The van der Waals surface area contributed by atoms with E-state index in [0.29, 0.717) is 23.6 Å². The molecule has 0 radical (unpaired) electrons. The van der Waals surface area contributed by atoms with Gasteiger partial charge in [-0.1, -0.05) is 35.6 Å². The topological polar surface area (TPSA) is 111 Å². The summed E-state index contributed by atoms with van der Waals surface area (Å²) in [5.74, 6) is 1.93. The summed E-state index contributed by atoms with van der Waals surface area (Å²) in [6, 6.07) is 17.6. The lowest BCUT2D eigenvalue weighted by molar-refractivity contribution is -0.124. The number of anilines is 2. The third-order valence-corrected chi connectivity index (χ3v) is 6.72. The number of methoxy groups -OCH3 is 1. The molecule has 1 amide bonds. The number of carbonyl (C=O) groups excluding carboxylic acids is 1. The Labute approximate surface area is 223 Å². The highest BCUT2D eigenvalue weighted by atomic mass is 32.1. The minimum atomic E-state index is -0.151. The molecule has 3 aromatic heterocycles. The van der Waals surface area contributed by atoms with E-state index in [1.807, 2.05) is 68.4 Å². The maximum absolute atomic E-state index is 11.6. The van der Waals surface area contributed by atoms with Crippen molar-refractivity contribution in [2.24, 2.45) is 0 Å². The molecule has 0 aliphatic heterocycles. The molecule has 10 heteroatoms. The monoisotopic (exact) mass is 526 g/mol. The van der Waals surface area contributed by atoms with Gasteiger partial charge in [-0.05, 0) is 55.3 Å². The fraction of sp³-hybridized carbons (Fsp3) is 0.179. The minimum absolute atomic E-state index is 0.0455. The average Bonchev–Trinajstić information content (AvgIpc) is 3.36. The zero-order valence-electron chi connectivity index (χ0n) is 21.2. The number of ether oxygens (including phenoxy) is 2. The Morgan fingerprint density at radius 1 is 1.00 bits per heavy atom. The summed E-state index contributed by atoms with van der Waals surface area (Å²) in [4.78, 5) is 30.4. The van der Waals surface area contributed by atoms with Crippen LogP contribution in [-0.2, 0) is 16.1 Å². The number of fused-ring (bicyclic) bond motifs is 1. The molecule has 5 rings (SSSR count). The van der Waals surface area contributed by atoms with Crippen LogP contribution in [-0.4, -0.2) is 39.6 Å². The lowest BCUT2D eigenvalue weighted by atomic mass is 10.1. The fourth-order valence-corrected chi connectivity index (χ4v) is 4.65. The van der Waals surface area contributed by atoms with Crippen molar-refractivity contribution >= 4 is 39.1 Å².